The minimum absolute atomic E-state index is 0.0676. The average Bonchev–Trinajstić information content (AvgIpc) is 3.35. The number of carbonyl (C=O) groups is 1. The number of nitrogens with zero attached hydrogens (tertiary/aromatic N) is 4. The van der Waals surface area contributed by atoms with Crippen molar-refractivity contribution in [3.8, 4) is 0 Å². The van der Waals surface area contributed by atoms with Crippen LogP contribution < -0.4 is 5.01 Å². The second-order valence-electron chi connectivity index (χ2n) is 5.91. The van der Waals surface area contributed by atoms with Crippen LogP contribution in [0.1, 0.15) is 16.1 Å². The van der Waals surface area contributed by atoms with Crippen molar-refractivity contribution in [1.29, 1.82) is 0 Å². The Bertz CT molecular complexity index is 1300. The number of furan rings is 1. The number of halogens is 2. The van der Waals surface area contributed by atoms with Crippen molar-refractivity contribution in [3.63, 3.8) is 0 Å². The molecule has 0 saturated carbocycles. The summed E-state index contributed by atoms with van der Waals surface area (Å²) in [6, 6.07) is 13.2. The molecule has 0 N–H and O–H groups in total. The summed E-state index contributed by atoms with van der Waals surface area (Å²) in [5.74, 6) is -1.57. The zero-order valence-electron chi connectivity index (χ0n) is 14.9. The van der Waals surface area contributed by atoms with Crippen molar-refractivity contribution in [2.45, 2.75) is 0 Å². The highest BCUT2D eigenvalue weighted by Gasteiger charge is 2.22. The summed E-state index contributed by atoms with van der Waals surface area (Å²) in [7, 11) is 0. The first-order chi connectivity index (χ1) is 14.4. The number of fused-ring (bicyclic) bond motifs is 1. The second kappa shape index (κ2) is 8.13. The molecule has 150 valence electrons. The van der Waals surface area contributed by atoms with Crippen LogP contribution in [0.15, 0.2) is 68.6 Å². The molecule has 8 nitrogen and oxygen atoms in total. The average molecular weight is 489 g/mol. The standard InChI is InChI=1S/C19H10BrFN4O4S/c20-12-4-6-15-16(9-12)30-19(23-15)24(18(26)11-2-1-3-13(21)8-11)22-10-14-5-7-17(29-14)25(27)28/h1-10H/b22-10+. The quantitative estimate of drug-likeness (QED) is 0.213. The summed E-state index contributed by atoms with van der Waals surface area (Å²) in [6.07, 6.45) is 1.16. The van der Waals surface area contributed by atoms with Gasteiger partial charge in [0, 0.05) is 10.0 Å². The van der Waals surface area contributed by atoms with Gasteiger partial charge < -0.3 is 4.42 Å². The number of anilines is 1. The Morgan fingerprint density at radius 2 is 2.10 bits per heavy atom. The van der Waals surface area contributed by atoms with E-state index >= 15 is 0 Å². The van der Waals surface area contributed by atoms with Gasteiger partial charge in [0.2, 0.25) is 5.13 Å². The lowest BCUT2D eigenvalue weighted by Crippen LogP contribution is -2.25. The molecule has 2 aromatic heterocycles. The second-order valence-corrected chi connectivity index (χ2v) is 7.84. The third-order valence-corrected chi connectivity index (χ3v) is 5.36. The van der Waals surface area contributed by atoms with Crippen LogP contribution >= 0.6 is 27.3 Å². The smallest absolute Gasteiger partial charge is 0.400 e. The van der Waals surface area contributed by atoms with Gasteiger partial charge >= 0.3 is 5.88 Å². The Hall–Kier alpha value is -3.44. The van der Waals surface area contributed by atoms with E-state index in [0.29, 0.717) is 5.52 Å². The molecular formula is C19H10BrFN4O4S. The molecule has 0 bridgehead atoms. The highest BCUT2D eigenvalue weighted by Crippen LogP contribution is 2.32. The van der Waals surface area contributed by atoms with Crippen molar-refractivity contribution < 1.29 is 18.5 Å². The highest BCUT2D eigenvalue weighted by atomic mass is 79.9. The van der Waals surface area contributed by atoms with Crippen LogP contribution in [-0.4, -0.2) is 22.0 Å². The number of thiazole rings is 1. The summed E-state index contributed by atoms with van der Waals surface area (Å²) >= 11 is 4.60. The van der Waals surface area contributed by atoms with Crippen molar-refractivity contribution in [3.05, 3.63) is 86.3 Å². The van der Waals surface area contributed by atoms with Crippen molar-refractivity contribution in [2.75, 3.05) is 5.01 Å². The maximum Gasteiger partial charge on any atom is 0.433 e. The SMILES string of the molecule is O=C(c1cccc(F)c1)N(/N=C/c1ccc([N+](=O)[O-])o1)c1nc2ccc(Br)cc2s1. The molecule has 0 aliphatic carbocycles. The first kappa shape index (κ1) is 19.9. The molecule has 30 heavy (non-hydrogen) atoms. The van der Waals surface area contributed by atoms with Gasteiger partial charge in [-0.2, -0.15) is 10.1 Å². The monoisotopic (exact) mass is 488 g/mol. The summed E-state index contributed by atoms with van der Waals surface area (Å²) < 4.78 is 20.3. The number of aromatic nitrogens is 1. The molecule has 0 radical (unpaired) electrons. The largest absolute Gasteiger partial charge is 0.433 e. The number of rotatable bonds is 5. The van der Waals surface area contributed by atoms with Crippen LogP contribution in [0.3, 0.4) is 0 Å². The number of hydrazone groups is 1. The topological polar surface area (TPSA) is 102 Å². The van der Waals surface area contributed by atoms with E-state index in [2.05, 4.69) is 26.0 Å². The fraction of sp³-hybridized carbons (Fsp3) is 0. The van der Waals surface area contributed by atoms with E-state index in [1.54, 1.807) is 6.07 Å². The molecule has 0 aliphatic rings. The molecule has 0 aliphatic heterocycles. The van der Waals surface area contributed by atoms with Crippen LogP contribution in [0.2, 0.25) is 0 Å². The number of nitro groups is 1. The number of carbonyl (C=O) groups excluding carboxylic acids is 1. The van der Waals surface area contributed by atoms with Gasteiger partial charge in [0.25, 0.3) is 5.91 Å². The molecule has 11 heteroatoms. The summed E-state index contributed by atoms with van der Waals surface area (Å²) in [6.45, 7) is 0. The van der Waals surface area contributed by atoms with E-state index < -0.39 is 22.5 Å². The van der Waals surface area contributed by atoms with Gasteiger partial charge in [-0.15, -0.1) is 0 Å². The zero-order valence-corrected chi connectivity index (χ0v) is 17.3. The van der Waals surface area contributed by atoms with E-state index in [0.717, 1.165) is 26.5 Å². The van der Waals surface area contributed by atoms with Crippen LogP contribution in [0.25, 0.3) is 10.2 Å². The van der Waals surface area contributed by atoms with Crippen LogP contribution in [0, 0.1) is 15.9 Å². The maximum absolute atomic E-state index is 13.6. The third-order valence-electron chi connectivity index (χ3n) is 3.88. The van der Waals surface area contributed by atoms with Crippen molar-refractivity contribution in [2.24, 2.45) is 5.10 Å². The number of benzene rings is 2. The van der Waals surface area contributed by atoms with E-state index in [-0.39, 0.29) is 16.5 Å². The van der Waals surface area contributed by atoms with Crippen molar-refractivity contribution in [1.82, 2.24) is 4.98 Å². The Balaban J connectivity index is 1.75. The van der Waals surface area contributed by atoms with E-state index in [1.807, 2.05) is 12.1 Å². The van der Waals surface area contributed by atoms with Crippen LogP contribution in [0.4, 0.5) is 15.4 Å². The molecule has 4 rings (SSSR count). The minimum atomic E-state index is -0.682. The lowest BCUT2D eigenvalue weighted by molar-refractivity contribution is -0.402. The minimum Gasteiger partial charge on any atom is -0.400 e. The molecule has 2 aromatic carbocycles. The van der Waals surface area contributed by atoms with Gasteiger partial charge in [0.05, 0.1) is 22.5 Å². The predicted molar refractivity (Wildman–Crippen MR) is 113 cm³/mol. The lowest BCUT2D eigenvalue weighted by atomic mass is 10.2. The Morgan fingerprint density at radius 1 is 1.27 bits per heavy atom. The molecule has 0 atom stereocenters. The van der Waals surface area contributed by atoms with Gasteiger partial charge in [0.1, 0.15) is 10.7 Å². The number of amides is 1. The molecule has 1 amide bonds. The van der Waals surface area contributed by atoms with E-state index in [4.69, 9.17) is 4.42 Å². The normalized spacial score (nSPS) is 11.3. The van der Waals surface area contributed by atoms with Gasteiger partial charge in [-0.1, -0.05) is 33.3 Å². The Labute approximate surface area is 180 Å². The third kappa shape index (κ3) is 4.11. The molecule has 0 spiro atoms. The summed E-state index contributed by atoms with van der Waals surface area (Å²) in [5.41, 5.74) is 0.720. The van der Waals surface area contributed by atoms with Crippen LogP contribution in [0.5, 0.6) is 0 Å². The number of hydrogen-bond donors (Lipinski definition) is 0. The first-order valence-corrected chi connectivity index (χ1v) is 9.96. The van der Waals surface area contributed by atoms with Gasteiger partial charge in [0.15, 0.2) is 5.76 Å². The Morgan fingerprint density at radius 3 is 2.83 bits per heavy atom. The lowest BCUT2D eigenvalue weighted by Gasteiger charge is -2.13. The fourth-order valence-electron chi connectivity index (χ4n) is 2.53. The van der Waals surface area contributed by atoms with Gasteiger partial charge in [-0.3, -0.25) is 14.9 Å². The fourth-order valence-corrected chi connectivity index (χ4v) is 4.01. The van der Waals surface area contributed by atoms with Gasteiger partial charge in [-0.25, -0.2) is 9.37 Å². The molecule has 0 unspecified atom stereocenters. The maximum atomic E-state index is 13.6. The molecule has 4 aromatic rings. The summed E-state index contributed by atoms with van der Waals surface area (Å²) in [5, 5.41) is 16.1. The molecule has 0 saturated heterocycles. The first-order valence-electron chi connectivity index (χ1n) is 8.35. The van der Waals surface area contributed by atoms with Gasteiger partial charge in [-0.05, 0) is 42.5 Å². The Kier molecular flexibility index (Phi) is 5.38. The predicted octanol–water partition coefficient (Wildman–Crippen LogP) is 5.38. The van der Waals surface area contributed by atoms with E-state index in [1.165, 1.54) is 41.7 Å². The van der Waals surface area contributed by atoms with E-state index in [9.17, 15) is 19.3 Å². The van der Waals surface area contributed by atoms with Crippen LogP contribution in [-0.2, 0) is 0 Å². The zero-order chi connectivity index (χ0) is 21.3. The molecule has 0 fully saturated rings. The van der Waals surface area contributed by atoms with Crippen molar-refractivity contribution >= 4 is 60.6 Å². The molecule has 2 heterocycles. The summed E-state index contributed by atoms with van der Waals surface area (Å²) in [4.78, 5) is 27.6. The molecular weight excluding hydrogens is 479 g/mol. The number of hydrogen-bond acceptors (Lipinski definition) is 7. The highest BCUT2D eigenvalue weighted by molar-refractivity contribution is 9.10.